The fraction of sp³-hybridized carbons (Fsp3) is 1.00. The van der Waals surface area contributed by atoms with E-state index in [1.807, 2.05) is 0 Å². The van der Waals surface area contributed by atoms with Gasteiger partial charge >= 0.3 is 6.18 Å². The molecule has 1 aliphatic carbocycles. The number of aliphatic hydroxyl groups is 1. The van der Waals surface area contributed by atoms with Gasteiger partial charge < -0.3 is 10.4 Å². The lowest BCUT2D eigenvalue weighted by Crippen LogP contribution is -2.39. The predicted octanol–water partition coefficient (Wildman–Crippen LogP) is 1.83. The van der Waals surface area contributed by atoms with Gasteiger partial charge in [0.15, 0.2) is 0 Å². The van der Waals surface area contributed by atoms with Gasteiger partial charge in [0.2, 0.25) is 0 Å². The van der Waals surface area contributed by atoms with Gasteiger partial charge in [-0.15, -0.1) is 0 Å². The van der Waals surface area contributed by atoms with Gasteiger partial charge in [-0.05, 0) is 26.2 Å². The Morgan fingerprint density at radius 1 is 1.29 bits per heavy atom. The molecule has 0 aromatic rings. The lowest BCUT2D eigenvalue weighted by atomic mass is 10.00. The lowest BCUT2D eigenvalue weighted by Gasteiger charge is -2.24. The van der Waals surface area contributed by atoms with Gasteiger partial charge in [-0.1, -0.05) is 0 Å². The predicted molar refractivity (Wildman–Crippen MR) is 46.9 cm³/mol. The molecule has 0 heterocycles. The van der Waals surface area contributed by atoms with Crippen molar-refractivity contribution in [2.24, 2.45) is 0 Å². The Morgan fingerprint density at radius 3 is 2.29 bits per heavy atom. The molecule has 0 aliphatic heterocycles. The first-order chi connectivity index (χ1) is 6.29. The normalized spacial score (nSPS) is 22.1. The van der Waals surface area contributed by atoms with E-state index >= 15 is 0 Å². The Bertz CT molecular complexity index is 187. The van der Waals surface area contributed by atoms with Gasteiger partial charge in [0.25, 0.3) is 0 Å². The van der Waals surface area contributed by atoms with Crippen LogP contribution in [0.5, 0.6) is 0 Å². The first kappa shape index (κ1) is 11.8. The zero-order valence-corrected chi connectivity index (χ0v) is 8.19. The van der Waals surface area contributed by atoms with E-state index < -0.39 is 18.2 Å². The third-order valence-corrected chi connectivity index (χ3v) is 2.30. The zero-order chi connectivity index (χ0) is 10.8. The van der Waals surface area contributed by atoms with Gasteiger partial charge in [-0.25, -0.2) is 0 Å². The van der Waals surface area contributed by atoms with Crippen LogP contribution in [-0.4, -0.2) is 29.5 Å². The molecule has 1 aliphatic rings. The number of halogens is 3. The van der Waals surface area contributed by atoms with Crippen molar-refractivity contribution >= 4 is 0 Å². The molecule has 0 bridgehead atoms. The number of alkyl halides is 3. The zero-order valence-electron chi connectivity index (χ0n) is 8.19. The Labute approximate surface area is 81.5 Å². The van der Waals surface area contributed by atoms with Gasteiger partial charge in [-0.3, -0.25) is 0 Å². The second-order valence-electron chi connectivity index (χ2n) is 4.27. The summed E-state index contributed by atoms with van der Waals surface area (Å²) < 4.78 is 35.6. The van der Waals surface area contributed by atoms with Crippen molar-refractivity contribution in [2.45, 2.75) is 50.4 Å². The minimum absolute atomic E-state index is 0.240. The molecule has 1 unspecified atom stereocenters. The maximum absolute atomic E-state index is 11.9. The van der Waals surface area contributed by atoms with E-state index in [4.69, 9.17) is 0 Å². The summed E-state index contributed by atoms with van der Waals surface area (Å²) >= 11 is 0. The van der Waals surface area contributed by atoms with Crippen LogP contribution in [0.1, 0.15) is 32.6 Å². The molecule has 5 heteroatoms. The summed E-state index contributed by atoms with van der Waals surface area (Å²) in [7, 11) is 0. The molecular formula is C9H16F3NO. The first-order valence-electron chi connectivity index (χ1n) is 4.81. The minimum Gasteiger partial charge on any atom is -0.389 e. The van der Waals surface area contributed by atoms with Crippen molar-refractivity contribution in [2.75, 3.05) is 6.54 Å². The smallest absolute Gasteiger partial charge is 0.389 e. The molecule has 14 heavy (non-hydrogen) atoms. The average Bonchev–Trinajstić information content (AvgIpc) is 2.79. The molecule has 84 valence electrons. The number of hydrogen-bond acceptors (Lipinski definition) is 2. The molecule has 1 rings (SSSR count). The first-order valence-corrected chi connectivity index (χ1v) is 4.81. The van der Waals surface area contributed by atoms with Crippen LogP contribution in [0.15, 0.2) is 0 Å². The number of nitrogens with one attached hydrogen (secondary N) is 1. The molecule has 2 nitrogen and oxygen atoms in total. The molecule has 0 saturated heterocycles. The van der Waals surface area contributed by atoms with Crippen LogP contribution in [0.4, 0.5) is 13.2 Å². The highest BCUT2D eigenvalue weighted by atomic mass is 19.4. The summed E-state index contributed by atoms with van der Waals surface area (Å²) in [5, 5.41) is 12.6. The van der Waals surface area contributed by atoms with Crippen LogP contribution in [0.25, 0.3) is 0 Å². The van der Waals surface area contributed by atoms with E-state index in [-0.39, 0.29) is 13.0 Å². The highest BCUT2D eigenvalue weighted by Crippen LogP contribution is 2.26. The van der Waals surface area contributed by atoms with Crippen molar-refractivity contribution in [1.82, 2.24) is 5.32 Å². The summed E-state index contributed by atoms with van der Waals surface area (Å²) in [6.07, 6.45) is -3.21. The fourth-order valence-corrected chi connectivity index (χ4v) is 1.15. The second-order valence-corrected chi connectivity index (χ2v) is 4.27. The van der Waals surface area contributed by atoms with Crippen LogP contribution in [-0.2, 0) is 0 Å². The fourth-order valence-electron chi connectivity index (χ4n) is 1.15. The quantitative estimate of drug-likeness (QED) is 0.727. The summed E-state index contributed by atoms with van der Waals surface area (Å²) in [5.41, 5.74) is -1.25. The monoisotopic (exact) mass is 211 g/mol. The number of hydrogen-bond donors (Lipinski definition) is 2. The molecule has 0 amide bonds. The molecule has 1 fully saturated rings. The van der Waals surface area contributed by atoms with Crippen LogP contribution >= 0.6 is 0 Å². The van der Waals surface area contributed by atoms with Crippen molar-refractivity contribution < 1.29 is 18.3 Å². The molecule has 2 N–H and O–H groups in total. The van der Waals surface area contributed by atoms with Gasteiger partial charge in [0.1, 0.15) is 0 Å². The average molecular weight is 211 g/mol. The molecule has 0 radical (unpaired) electrons. The van der Waals surface area contributed by atoms with E-state index in [1.54, 1.807) is 0 Å². The van der Waals surface area contributed by atoms with Crippen LogP contribution in [0.2, 0.25) is 0 Å². The third-order valence-electron chi connectivity index (χ3n) is 2.30. The van der Waals surface area contributed by atoms with Gasteiger partial charge in [0, 0.05) is 19.0 Å². The topological polar surface area (TPSA) is 32.3 Å². The lowest BCUT2D eigenvalue weighted by molar-refractivity contribution is -0.145. The largest absolute Gasteiger partial charge is 0.389 e. The molecule has 1 saturated carbocycles. The van der Waals surface area contributed by atoms with Crippen molar-refractivity contribution in [3.8, 4) is 0 Å². The Kier molecular flexibility index (Phi) is 3.42. The SMILES string of the molecule is CC(O)(CCC(F)(F)F)CNC1CC1. The van der Waals surface area contributed by atoms with E-state index in [9.17, 15) is 18.3 Å². The standard InChI is InChI=1S/C9H16F3NO/c1-8(14,4-5-9(10,11)12)6-13-7-2-3-7/h7,13-14H,2-6H2,1H3. The van der Waals surface area contributed by atoms with E-state index in [0.717, 1.165) is 12.8 Å². The maximum Gasteiger partial charge on any atom is 0.389 e. The second kappa shape index (κ2) is 4.06. The third kappa shape index (κ3) is 5.44. The molecule has 0 aromatic heterocycles. The van der Waals surface area contributed by atoms with Crippen LogP contribution < -0.4 is 5.32 Å². The summed E-state index contributed by atoms with van der Waals surface area (Å²) in [6.45, 7) is 1.68. The molecule has 0 spiro atoms. The molecular weight excluding hydrogens is 195 g/mol. The molecule has 0 aromatic carbocycles. The van der Waals surface area contributed by atoms with Crippen LogP contribution in [0.3, 0.4) is 0 Å². The van der Waals surface area contributed by atoms with Gasteiger partial charge in [0.05, 0.1) is 5.60 Å². The summed E-state index contributed by atoms with van der Waals surface area (Å²) in [4.78, 5) is 0. The maximum atomic E-state index is 11.9. The highest BCUT2D eigenvalue weighted by Gasteiger charge is 2.33. The van der Waals surface area contributed by atoms with Crippen molar-refractivity contribution in [1.29, 1.82) is 0 Å². The molecule has 1 atom stereocenters. The van der Waals surface area contributed by atoms with E-state index in [0.29, 0.717) is 6.04 Å². The van der Waals surface area contributed by atoms with Crippen molar-refractivity contribution in [3.63, 3.8) is 0 Å². The highest BCUT2D eigenvalue weighted by molar-refractivity contribution is 4.85. The summed E-state index contributed by atoms with van der Waals surface area (Å²) in [6, 6.07) is 0.410. The Morgan fingerprint density at radius 2 is 1.86 bits per heavy atom. The van der Waals surface area contributed by atoms with Gasteiger partial charge in [-0.2, -0.15) is 13.2 Å². The Balaban J connectivity index is 2.18. The summed E-state index contributed by atoms with van der Waals surface area (Å²) in [5.74, 6) is 0. The number of rotatable bonds is 5. The van der Waals surface area contributed by atoms with Crippen LogP contribution in [0, 0.1) is 0 Å². The van der Waals surface area contributed by atoms with E-state index in [2.05, 4.69) is 5.32 Å². The minimum atomic E-state index is -4.18. The van der Waals surface area contributed by atoms with E-state index in [1.165, 1.54) is 6.92 Å². The van der Waals surface area contributed by atoms with Crippen molar-refractivity contribution in [3.05, 3.63) is 0 Å². The Hall–Kier alpha value is -0.290.